The zero-order valence-corrected chi connectivity index (χ0v) is 16.7. The second kappa shape index (κ2) is 7.61. The molecule has 0 aliphatic heterocycles. The molecule has 24 heavy (non-hydrogen) atoms. The van der Waals surface area contributed by atoms with Crippen molar-refractivity contribution in [1.29, 1.82) is 0 Å². The highest BCUT2D eigenvalue weighted by molar-refractivity contribution is 14.1. The van der Waals surface area contributed by atoms with Crippen LogP contribution < -0.4 is 4.80 Å². The van der Waals surface area contributed by atoms with E-state index < -0.39 is 0 Å². The molecule has 0 fully saturated rings. The molecule has 0 spiro atoms. The van der Waals surface area contributed by atoms with Crippen molar-refractivity contribution in [3.63, 3.8) is 0 Å². The summed E-state index contributed by atoms with van der Waals surface area (Å²) in [7, 11) is 0. The minimum atomic E-state index is -0.174. The lowest BCUT2D eigenvalue weighted by Crippen LogP contribution is -2.17. The van der Waals surface area contributed by atoms with E-state index in [0.717, 1.165) is 33.3 Å². The van der Waals surface area contributed by atoms with Crippen LogP contribution in [0, 0.1) is 3.57 Å². The molecule has 0 N–H and O–H groups in total. The average Bonchev–Trinajstić information content (AvgIpc) is 2.92. The summed E-state index contributed by atoms with van der Waals surface area (Å²) in [6.45, 7) is 5.16. The number of halogens is 1. The van der Waals surface area contributed by atoms with Crippen LogP contribution in [-0.4, -0.2) is 10.5 Å². The Kier molecular flexibility index (Phi) is 5.50. The quantitative estimate of drug-likeness (QED) is 0.514. The van der Waals surface area contributed by atoms with E-state index >= 15 is 0 Å². The van der Waals surface area contributed by atoms with Gasteiger partial charge in [-0.3, -0.25) is 4.79 Å². The highest BCUT2D eigenvalue weighted by Gasteiger charge is 2.11. The Morgan fingerprint density at radius 1 is 1.21 bits per heavy atom. The van der Waals surface area contributed by atoms with E-state index in [1.165, 1.54) is 10.3 Å². The van der Waals surface area contributed by atoms with Crippen molar-refractivity contribution >= 4 is 50.1 Å². The maximum absolute atomic E-state index is 12.6. The topological polar surface area (TPSA) is 34.4 Å². The van der Waals surface area contributed by atoms with Gasteiger partial charge in [-0.05, 0) is 65.3 Å². The van der Waals surface area contributed by atoms with Gasteiger partial charge in [0.15, 0.2) is 4.80 Å². The number of amides is 1. The second-order valence-corrected chi connectivity index (χ2v) is 7.76. The van der Waals surface area contributed by atoms with Crippen LogP contribution in [0.3, 0.4) is 0 Å². The van der Waals surface area contributed by atoms with E-state index in [1.807, 2.05) is 24.3 Å². The summed E-state index contributed by atoms with van der Waals surface area (Å²) in [6, 6.07) is 14.1. The van der Waals surface area contributed by atoms with Crippen LogP contribution in [0.25, 0.3) is 10.2 Å². The lowest BCUT2D eigenvalue weighted by atomic mass is 10.2. The number of carbonyl (C=O) groups excluding carboxylic acids is 1. The van der Waals surface area contributed by atoms with Crippen molar-refractivity contribution < 1.29 is 4.79 Å². The molecular weight excluding hydrogens is 431 g/mol. The van der Waals surface area contributed by atoms with Gasteiger partial charge in [-0.2, -0.15) is 4.99 Å². The summed E-state index contributed by atoms with van der Waals surface area (Å²) in [5.41, 5.74) is 3.13. The third-order valence-electron chi connectivity index (χ3n) is 3.90. The zero-order valence-electron chi connectivity index (χ0n) is 13.8. The summed E-state index contributed by atoms with van der Waals surface area (Å²) < 4.78 is 4.28. The predicted molar refractivity (Wildman–Crippen MR) is 109 cm³/mol. The summed E-state index contributed by atoms with van der Waals surface area (Å²) in [5.74, 6) is -0.174. The number of carbonyl (C=O) groups is 1. The molecule has 0 bridgehead atoms. The number of rotatable bonds is 4. The van der Waals surface area contributed by atoms with Gasteiger partial charge in [-0.15, -0.1) is 0 Å². The van der Waals surface area contributed by atoms with Crippen LogP contribution in [0.1, 0.15) is 36.2 Å². The molecule has 5 heteroatoms. The van der Waals surface area contributed by atoms with Gasteiger partial charge >= 0.3 is 0 Å². The zero-order chi connectivity index (χ0) is 17.1. The molecule has 3 aromatic rings. The van der Waals surface area contributed by atoms with Gasteiger partial charge in [0.25, 0.3) is 5.91 Å². The molecule has 2 aromatic carbocycles. The average molecular weight is 450 g/mol. The molecule has 0 unspecified atom stereocenters. The molecule has 3 nitrogen and oxygen atoms in total. The SMILES string of the molecule is CCCn1c(=NC(=O)c2ccccc2I)sc2cc(CC)ccc21. The highest BCUT2D eigenvalue weighted by atomic mass is 127. The molecule has 3 rings (SSSR count). The molecule has 0 saturated heterocycles. The molecule has 1 heterocycles. The Bertz CT molecular complexity index is 955. The predicted octanol–water partition coefficient (Wildman–Crippen LogP) is 5.02. The van der Waals surface area contributed by atoms with Crippen molar-refractivity contribution in [2.45, 2.75) is 33.2 Å². The van der Waals surface area contributed by atoms with E-state index in [0.29, 0.717) is 5.56 Å². The summed E-state index contributed by atoms with van der Waals surface area (Å²) in [6.07, 6.45) is 2.01. The molecule has 0 radical (unpaired) electrons. The highest BCUT2D eigenvalue weighted by Crippen LogP contribution is 2.20. The maximum Gasteiger partial charge on any atom is 0.280 e. The van der Waals surface area contributed by atoms with Gasteiger partial charge in [0.2, 0.25) is 0 Å². The van der Waals surface area contributed by atoms with Crippen molar-refractivity contribution in [3.05, 3.63) is 62.0 Å². The van der Waals surface area contributed by atoms with Crippen molar-refractivity contribution in [2.24, 2.45) is 4.99 Å². The molecule has 1 amide bonds. The van der Waals surface area contributed by atoms with Gasteiger partial charge in [0.1, 0.15) is 0 Å². The molecule has 1 aromatic heterocycles. The van der Waals surface area contributed by atoms with Crippen LogP contribution in [0.4, 0.5) is 0 Å². The first-order valence-electron chi connectivity index (χ1n) is 8.10. The van der Waals surface area contributed by atoms with Crippen LogP contribution in [0.15, 0.2) is 47.5 Å². The van der Waals surface area contributed by atoms with Crippen LogP contribution in [0.2, 0.25) is 0 Å². The number of hydrogen-bond acceptors (Lipinski definition) is 2. The normalized spacial score (nSPS) is 12.0. The molecular formula is C19H19IN2OS. The smallest absolute Gasteiger partial charge is 0.280 e. The Morgan fingerprint density at radius 2 is 2.00 bits per heavy atom. The minimum absolute atomic E-state index is 0.174. The first-order valence-corrected chi connectivity index (χ1v) is 9.99. The minimum Gasteiger partial charge on any atom is -0.316 e. The van der Waals surface area contributed by atoms with Crippen molar-refractivity contribution in [3.8, 4) is 0 Å². The number of aryl methyl sites for hydroxylation is 2. The summed E-state index contributed by atoms with van der Waals surface area (Å²) in [4.78, 5) is 17.8. The maximum atomic E-state index is 12.6. The molecule has 0 saturated carbocycles. The molecule has 124 valence electrons. The summed E-state index contributed by atoms with van der Waals surface area (Å²) >= 11 is 3.78. The lowest BCUT2D eigenvalue weighted by molar-refractivity contribution is 0.0997. The third kappa shape index (κ3) is 3.47. The molecule has 0 atom stereocenters. The second-order valence-electron chi connectivity index (χ2n) is 5.59. The van der Waals surface area contributed by atoms with Gasteiger partial charge in [0.05, 0.1) is 15.8 Å². The third-order valence-corrected chi connectivity index (χ3v) is 5.89. The number of benzene rings is 2. The van der Waals surface area contributed by atoms with Gasteiger partial charge in [0, 0.05) is 10.1 Å². The van der Waals surface area contributed by atoms with E-state index in [4.69, 9.17) is 0 Å². The largest absolute Gasteiger partial charge is 0.316 e. The number of aromatic nitrogens is 1. The molecule has 0 aliphatic carbocycles. The van der Waals surface area contributed by atoms with Crippen molar-refractivity contribution in [2.75, 3.05) is 0 Å². The number of fused-ring (bicyclic) bond motifs is 1. The fraction of sp³-hybridized carbons (Fsp3) is 0.263. The van der Waals surface area contributed by atoms with E-state index in [-0.39, 0.29) is 5.91 Å². The van der Waals surface area contributed by atoms with Crippen LogP contribution in [-0.2, 0) is 13.0 Å². The summed E-state index contributed by atoms with van der Waals surface area (Å²) in [5, 5.41) is 0. The Hall–Kier alpha value is -1.47. The standard InChI is InChI=1S/C19H19IN2OS/c1-3-11-22-16-10-9-13(4-2)12-17(16)24-19(22)21-18(23)14-7-5-6-8-15(14)20/h5-10,12H,3-4,11H2,1-2H3. The van der Waals surface area contributed by atoms with E-state index in [2.05, 4.69) is 64.2 Å². The Morgan fingerprint density at radius 3 is 2.71 bits per heavy atom. The van der Waals surface area contributed by atoms with E-state index in [9.17, 15) is 4.79 Å². The van der Waals surface area contributed by atoms with Gasteiger partial charge < -0.3 is 4.57 Å². The van der Waals surface area contributed by atoms with Crippen molar-refractivity contribution in [1.82, 2.24) is 4.57 Å². The number of nitrogens with zero attached hydrogens (tertiary/aromatic N) is 2. The van der Waals surface area contributed by atoms with Gasteiger partial charge in [-0.25, -0.2) is 0 Å². The Labute approximate surface area is 159 Å². The van der Waals surface area contributed by atoms with Gasteiger partial charge in [-0.1, -0.05) is 43.4 Å². The monoisotopic (exact) mass is 450 g/mol. The lowest BCUT2D eigenvalue weighted by Gasteiger charge is -2.03. The number of hydrogen-bond donors (Lipinski definition) is 0. The number of thiazole rings is 1. The fourth-order valence-corrected chi connectivity index (χ4v) is 4.38. The Balaban J connectivity index is 2.15. The first kappa shape index (κ1) is 17.4. The first-order chi connectivity index (χ1) is 11.6. The van der Waals surface area contributed by atoms with Crippen LogP contribution in [0.5, 0.6) is 0 Å². The molecule has 0 aliphatic rings. The van der Waals surface area contributed by atoms with E-state index in [1.54, 1.807) is 11.3 Å². The fourth-order valence-electron chi connectivity index (χ4n) is 2.64. The van der Waals surface area contributed by atoms with Crippen LogP contribution >= 0.6 is 33.9 Å².